The molecule has 1 atom stereocenters. The average molecular weight is 288 g/mol. The molecule has 114 valence electrons. The van der Waals surface area contributed by atoms with Crippen molar-refractivity contribution >= 4 is 17.7 Å². The molecule has 0 heterocycles. The van der Waals surface area contributed by atoms with Gasteiger partial charge in [-0.3, -0.25) is 4.79 Å². The van der Waals surface area contributed by atoms with Gasteiger partial charge in [-0.15, -0.1) is 11.8 Å². The number of thioether (sulfide) groups is 1. The van der Waals surface area contributed by atoms with Crippen LogP contribution in [0.25, 0.3) is 0 Å². The molecule has 0 aliphatic rings. The smallest absolute Gasteiger partial charge is 0.319 e. The van der Waals surface area contributed by atoms with Crippen molar-refractivity contribution in [2.45, 2.75) is 95.5 Å². The maximum atomic E-state index is 11.0. The van der Waals surface area contributed by atoms with Crippen molar-refractivity contribution < 1.29 is 9.90 Å². The maximum Gasteiger partial charge on any atom is 0.319 e. The van der Waals surface area contributed by atoms with E-state index in [0.29, 0.717) is 5.25 Å². The summed E-state index contributed by atoms with van der Waals surface area (Å²) in [6, 6.07) is 0. The molecule has 1 N–H and O–H groups in total. The van der Waals surface area contributed by atoms with E-state index >= 15 is 0 Å². The molecule has 2 nitrogen and oxygen atoms in total. The predicted molar refractivity (Wildman–Crippen MR) is 86.0 cm³/mol. The number of carboxylic acids is 1. The fraction of sp³-hybridized carbons (Fsp3) is 0.938. The van der Waals surface area contributed by atoms with Crippen LogP contribution in [-0.2, 0) is 4.79 Å². The highest BCUT2D eigenvalue weighted by atomic mass is 32.2. The second kappa shape index (κ2) is 10.6. The van der Waals surface area contributed by atoms with Crippen LogP contribution in [0.2, 0.25) is 0 Å². The van der Waals surface area contributed by atoms with Crippen LogP contribution < -0.4 is 0 Å². The highest BCUT2D eigenvalue weighted by molar-refractivity contribution is 8.01. The summed E-state index contributed by atoms with van der Waals surface area (Å²) in [5.74, 6) is -0.708. The van der Waals surface area contributed by atoms with E-state index in [1.807, 2.05) is 0 Å². The van der Waals surface area contributed by atoms with Gasteiger partial charge >= 0.3 is 5.97 Å². The number of hydrogen-bond acceptors (Lipinski definition) is 2. The van der Waals surface area contributed by atoms with Gasteiger partial charge in [-0.05, 0) is 20.3 Å². The first kappa shape index (κ1) is 18.8. The van der Waals surface area contributed by atoms with Crippen LogP contribution in [0.5, 0.6) is 0 Å². The van der Waals surface area contributed by atoms with Gasteiger partial charge in [0.25, 0.3) is 0 Å². The first-order valence-electron chi connectivity index (χ1n) is 7.81. The molecular weight excluding hydrogens is 256 g/mol. The van der Waals surface area contributed by atoms with E-state index in [2.05, 4.69) is 13.8 Å². The maximum absolute atomic E-state index is 11.0. The van der Waals surface area contributed by atoms with Crippen molar-refractivity contribution in [3.05, 3.63) is 0 Å². The Morgan fingerprint density at radius 1 is 1.05 bits per heavy atom. The molecule has 19 heavy (non-hydrogen) atoms. The molecule has 0 fully saturated rings. The number of unbranched alkanes of at least 4 members (excludes halogenated alkanes) is 7. The molecule has 0 aromatic heterocycles. The lowest BCUT2D eigenvalue weighted by molar-refractivity contribution is -0.138. The first-order chi connectivity index (χ1) is 8.90. The van der Waals surface area contributed by atoms with Crippen molar-refractivity contribution in [1.82, 2.24) is 0 Å². The summed E-state index contributed by atoms with van der Waals surface area (Å²) in [7, 11) is 0. The van der Waals surface area contributed by atoms with Crippen LogP contribution in [0, 0.1) is 0 Å². The third-order valence-corrected chi connectivity index (χ3v) is 4.88. The van der Waals surface area contributed by atoms with E-state index in [1.165, 1.54) is 51.4 Å². The minimum atomic E-state index is -0.708. The van der Waals surface area contributed by atoms with Crippen LogP contribution >= 0.6 is 11.8 Å². The number of carboxylic acid groups (broad SMARTS) is 1. The van der Waals surface area contributed by atoms with Gasteiger partial charge in [-0.25, -0.2) is 0 Å². The molecule has 0 spiro atoms. The molecule has 0 aliphatic heterocycles. The van der Waals surface area contributed by atoms with Crippen molar-refractivity contribution in [2.75, 3.05) is 0 Å². The topological polar surface area (TPSA) is 37.3 Å². The summed E-state index contributed by atoms with van der Waals surface area (Å²) >= 11 is 1.59. The Kier molecular flexibility index (Phi) is 10.5. The molecule has 0 saturated heterocycles. The average Bonchev–Trinajstić information content (AvgIpc) is 2.31. The van der Waals surface area contributed by atoms with Gasteiger partial charge in [-0.2, -0.15) is 0 Å². The van der Waals surface area contributed by atoms with Crippen LogP contribution in [0.3, 0.4) is 0 Å². The highest BCUT2D eigenvalue weighted by Gasteiger charge is 2.29. The third-order valence-electron chi connectivity index (χ3n) is 3.48. The van der Waals surface area contributed by atoms with Crippen molar-refractivity contribution in [2.24, 2.45) is 0 Å². The van der Waals surface area contributed by atoms with Gasteiger partial charge in [0.2, 0.25) is 0 Å². The van der Waals surface area contributed by atoms with Gasteiger partial charge in [0.1, 0.15) is 4.75 Å². The van der Waals surface area contributed by atoms with E-state index in [4.69, 9.17) is 5.11 Å². The largest absolute Gasteiger partial charge is 0.480 e. The standard InChI is InChI=1S/C16H32O2S/c1-5-6-7-8-9-10-11-12-13-14(2)19-16(3,4)15(17)18/h14H,5-13H2,1-4H3,(H,17,18). The number of hydrogen-bond donors (Lipinski definition) is 1. The molecule has 3 heteroatoms. The van der Waals surface area contributed by atoms with Crippen LogP contribution in [0.4, 0.5) is 0 Å². The lowest BCUT2D eigenvalue weighted by Gasteiger charge is -2.23. The summed E-state index contributed by atoms with van der Waals surface area (Å²) in [4.78, 5) is 11.0. The van der Waals surface area contributed by atoms with Crippen molar-refractivity contribution in [3.63, 3.8) is 0 Å². The summed E-state index contributed by atoms with van der Waals surface area (Å²) in [5.41, 5.74) is 0. The zero-order chi connectivity index (χ0) is 14.7. The molecular formula is C16H32O2S. The zero-order valence-electron chi connectivity index (χ0n) is 13.2. The van der Waals surface area contributed by atoms with Gasteiger partial charge in [0.05, 0.1) is 0 Å². The van der Waals surface area contributed by atoms with E-state index in [0.717, 1.165) is 6.42 Å². The van der Waals surface area contributed by atoms with Crippen molar-refractivity contribution in [1.29, 1.82) is 0 Å². The van der Waals surface area contributed by atoms with Crippen LogP contribution in [0.15, 0.2) is 0 Å². The summed E-state index contributed by atoms with van der Waals surface area (Å²) in [5, 5.41) is 9.52. The number of rotatable bonds is 12. The highest BCUT2D eigenvalue weighted by Crippen LogP contribution is 2.31. The third kappa shape index (κ3) is 10.3. The Morgan fingerprint density at radius 3 is 2.00 bits per heavy atom. The predicted octanol–water partition coefficient (Wildman–Crippen LogP) is 5.50. The van der Waals surface area contributed by atoms with Gasteiger partial charge in [0, 0.05) is 5.25 Å². The summed E-state index contributed by atoms with van der Waals surface area (Å²) in [6.45, 7) is 7.99. The summed E-state index contributed by atoms with van der Waals surface area (Å²) < 4.78 is -0.653. The number of aliphatic carboxylic acids is 1. The van der Waals surface area contributed by atoms with Gasteiger partial charge < -0.3 is 5.11 Å². The van der Waals surface area contributed by atoms with Gasteiger partial charge in [-0.1, -0.05) is 65.2 Å². The fourth-order valence-corrected chi connectivity index (χ4v) is 3.57. The van der Waals surface area contributed by atoms with Crippen molar-refractivity contribution in [3.8, 4) is 0 Å². The summed E-state index contributed by atoms with van der Waals surface area (Å²) in [6.07, 6.45) is 11.8. The van der Waals surface area contributed by atoms with E-state index in [9.17, 15) is 4.79 Å². The fourth-order valence-electron chi connectivity index (χ4n) is 2.18. The molecule has 0 aromatic rings. The Balaban J connectivity index is 3.49. The van der Waals surface area contributed by atoms with E-state index in [1.54, 1.807) is 25.6 Å². The molecule has 0 bridgehead atoms. The Bertz CT molecular complexity index is 239. The Hall–Kier alpha value is -0.180. The lowest BCUT2D eigenvalue weighted by Crippen LogP contribution is -2.29. The normalized spacial score (nSPS) is 13.5. The molecule has 0 aromatic carbocycles. The quantitative estimate of drug-likeness (QED) is 0.482. The van der Waals surface area contributed by atoms with Gasteiger partial charge in [0.15, 0.2) is 0 Å². The molecule has 0 radical (unpaired) electrons. The molecule has 0 aliphatic carbocycles. The van der Waals surface area contributed by atoms with E-state index in [-0.39, 0.29) is 0 Å². The first-order valence-corrected chi connectivity index (χ1v) is 8.69. The van der Waals surface area contributed by atoms with Crippen LogP contribution in [-0.4, -0.2) is 21.1 Å². The molecule has 0 saturated carbocycles. The second-order valence-electron chi connectivity index (χ2n) is 6.01. The second-order valence-corrected chi connectivity index (χ2v) is 8.07. The molecule has 1 unspecified atom stereocenters. The monoisotopic (exact) mass is 288 g/mol. The Labute approximate surface area is 123 Å². The minimum absolute atomic E-state index is 0.436. The van der Waals surface area contributed by atoms with Crippen LogP contribution in [0.1, 0.15) is 85.5 Å². The Morgan fingerprint density at radius 2 is 1.53 bits per heavy atom. The number of carbonyl (C=O) groups is 1. The SMILES string of the molecule is CCCCCCCCCCC(C)SC(C)(C)C(=O)O. The minimum Gasteiger partial charge on any atom is -0.480 e. The lowest BCUT2D eigenvalue weighted by atomic mass is 10.1. The molecule has 0 rings (SSSR count). The zero-order valence-corrected chi connectivity index (χ0v) is 14.0. The molecule has 0 amide bonds. The van der Waals surface area contributed by atoms with E-state index < -0.39 is 10.7 Å².